The van der Waals surface area contributed by atoms with Crippen molar-refractivity contribution < 1.29 is 41.7 Å². The van der Waals surface area contributed by atoms with Gasteiger partial charge in [0.15, 0.2) is 0 Å². The number of alkyl halides is 2. The zero-order chi connectivity index (χ0) is 28.4. The molecule has 3 atom stereocenters. The molecule has 1 aliphatic heterocycles. The van der Waals surface area contributed by atoms with Gasteiger partial charge in [0, 0.05) is 12.6 Å². The summed E-state index contributed by atoms with van der Waals surface area (Å²) in [7, 11) is 1.19. The second-order valence-corrected chi connectivity index (χ2v) is 9.23. The molecule has 3 N–H and O–H groups in total. The van der Waals surface area contributed by atoms with Crippen LogP contribution >= 0.6 is 20.2 Å². The van der Waals surface area contributed by atoms with Crippen LogP contribution in [0.5, 0.6) is 23.0 Å². The molecule has 0 saturated carbocycles. The Morgan fingerprint density at radius 1 is 1.05 bits per heavy atom. The lowest BCUT2D eigenvalue weighted by Gasteiger charge is -2.21. The highest BCUT2D eigenvalue weighted by atomic mass is 35.5. The molecule has 0 radical (unpaired) electrons. The smallest absolute Gasteiger partial charge is 0.463 e. The van der Waals surface area contributed by atoms with Crippen LogP contribution in [0.25, 0.3) is 0 Å². The van der Waals surface area contributed by atoms with E-state index in [9.17, 15) is 18.7 Å². The van der Waals surface area contributed by atoms with Gasteiger partial charge in [-0.25, -0.2) is 13.6 Å². The Morgan fingerprint density at radius 3 is 2.03 bits per heavy atom. The quantitative estimate of drug-likeness (QED) is 0.327. The molecule has 0 bridgehead atoms. The van der Waals surface area contributed by atoms with E-state index in [1.807, 2.05) is 0 Å². The molecule has 0 aliphatic carbocycles. The number of hydrogen-bond donors (Lipinski definition) is 2. The zero-order valence-corrected chi connectivity index (χ0v) is 22.6. The molecule has 2 heterocycles. The summed E-state index contributed by atoms with van der Waals surface area (Å²) in [6.45, 7) is -1.82. The fourth-order valence-electron chi connectivity index (χ4n) is 3.35. The molecule has 3 aromatic rings. The summed E-state index contributed by atoms with van der Waals surface area (Å²) in [4.78, 5) is 15.9. The van der Waals surface area contributed by atoms with Crippen LogP contribution in [-0.2, 0) is 9.26 Å². The number of hydrogen-bond acceptors (Lipinski definition) is 10. The van der Waals surface area contributed by atoms with E-state index in [-0.39, 0.29) is 23.9 Å². The zero-order valence-electron chi connectivity index (χ0n) is 20.9. The first-order valence-electron chi connectivity index (χ1n) is 11.3. The minimum absolute atomic E-state index is 0.0689. The Bertz CT molecular complexity index is 1190. The number of nitrogens with zero attached hydrogens (tertiary/aromatic N) is 2. The fraction of sp³-hybridized carbons (Fsp3) is 0.333. The summed E-state index contributed by atoms with van der Waals surface area (Å²) in [5.74, 6) is 2.26. The van der Waals surface area contributed by atoms with Crippen LogP contribution in [0.15, 0.2) is 59.5 Å². The Labute approximate surface area is 228 Å². The van der Waals surface area contributed by atoms with Gasteiger partial charge < -0.3 is 34.1 Å². The molecule has 212 valence electrons. The molecular weight excluding hydrogens is 563 g/mol. The molecular formula is C24H27ClF2N3O8P. The molecule has 1 fully saturated rings. The Balaban J connectivity index is 0.00000134. The van der Waals surface area contributed by atoms with Gasteiger partial charge in [-0.15, -0.1) is 0 Å². The third-order valence-corrected chi connectivity index (χ3v) is 6.64. The maximum atomic E-state index is 12.2. The van der Waals surface area contributed by atoms with Gasteiger partial charge in [0.2, 0.25) is 6.93 Å². The SMILES string of the molecule is COc1ccc(OP(OCC2OC(n3cc(Cl)c(N)nc3=O)CC2O)Oc2ccc(OC)cc2)cc1.FCF. The van der Waals surface area contributed by atoms with Gasteiger partial charge in [-0.05, 0) is 48.5 Å². The maximum Gasteiger partial charge on any atom is 0.463 e. The van der Waals surface area contributed by atoms with Crippen LogP contribution in [0.3, 0.4) is 0 Å². The predicted octanol–water partition coefficient (Wildman–Crippen LogP) is 4.43. The third kappa shape index (κ3) is 8.64. The van der Waals surface area contributed by atoms with Crippen molar-refractivity contribution in [3.05, 3.63) is 70.2 Å². The number of aromatic nitrogens is 2. The molecule has 1 aromatic heterocycles. The number of anilines is 1. The van der Waals surface area contributed by atoms with Gasteiger partial charge in [-0.3, -0.25) is 9.09 Å². The van der Waals surface area contributed by atoms with E-state index in [4.69, 9.17) is 45.1 Å². The van der Waals surface area contributed by atoms with Crippen LogP contribution in [0.2, 0.25) is 5.02 Å². The van der Waals surface area contributed by atoms with Crippen LogP contribution in [0.1, 0.15) is 12.6 Å². The monoisotopic (exact) mass is 589 g/mol. The number of rotatable bonds is 10. The van der Waals surface area contributed by atoms with Crippen LogP contribution < -0.4 is 29.9 Å². The highest BCUT2D eigenvalue weighted by Crippen LogP contribution is 2.43. The fourth-order valence-corrected chi connectivity index (χ4v) is 4.50. The highest BCUT2D eigenvalue weighted by Gasteiger charge is 2.37. The van der Waals surface area contributed by atoms with Gasteiger partial charge in [-0.2, -0.15) is 4.98 Å². The van der Waals surface area contributed by atoms with Crippen molar-refractivity contribution in [2.75, 3.05) is 33.5 Å². The first-order valence-corrected chi connectivity index (χ1v) is 12.8. The third-order valence-electron chi connectivity index (χ3n) is 5.27. The molecule has 11 nitrogen and oxygen atoms in total. The van der Waals surface area contributed by atoms with Crippen molar-refractivity contribution in [3.63, 3.8) is 0 Å². The molecule has 2 aromatic carbocycles. The van der Waals surface area contributed by atoms with Gasteiger partial charge in [-0.1, -0.05) is 11.6 Å². The van der Waals surface area contributed by atoms with E-state index in [0.29, 0.717) is 23.0 Å². The standard InChI is InChI=1S/C23H25ClN3O8P.CH2F2/c1-30-14-3-7-16(8-4-14)34-36(35-17-9-5-15(31-2)6-10-17)32-13-20-19(28)11-21(33-20)27-12-18(24)22(25)26-23(27)29;2-1-3/h3-10,12,19-21,28H,11,13H2,1-2H3,(H2,25,26,29);1H2. The molecule has 0 spiro atoms. The van der Waals surface area contributed by atoms with Crippen LogP contribution in [0, 0.1) is 0 Å². The molecule has 3 unspecified atom stereocenters. The van der Waals surface area contributed by atoms with Crippen molar-refractivity contribution in [1.29, 1.82) is 0 Å². The van der Waals surface area contributed by atoms with E-state index >= 15 is 0 Å². The number of methoxy groups -OCH3 is 2. The van der Waals surface area contributed by atoms with Crippen molar-refractivity contribution in [1.82, 2.24) is 9.55 Å². The van der Waals surface area contributed by atoms with Gasteiger partial charge >= 0.3 is 14.3 Å². The van der Waals surface area contributed by atoms with Crippen molar-refractivity contribution in [2.45, 2.75) is 24.9 Å². The highest BCUT2D eigenvalue weighted by molar-refractivity contribution is 7.42. The predicted molar refractivity (Wildman–Crippen MR) is 140 cm³/mol. The van der Waals surface area contributed by atoms with Gasteiger partial charge in [0.1, 0.15) is 41.1 Å². The number of aliphatic hydroxyl groups is 1. The summed E-state index contributed by atoms with van der Waals surface area (Å²) in [6, 6.07) is 13.9. The normalized spacial score (nSPS) is 18.3. The summed E-state index contributed by atoms with van der Waals surface area (Å²) < 4.78 is 54.4. The van der Waals surface area contributed by atoms with Crippen LogP contribution in [-0.4, -0.2) is 54.6 Å². The summed E-state index contributed by atoms with van der Waals surface area (Å²) >= 11 is 6.00. The van der Waals surface area contributed by atoms with Gasteiger partial charge in [0.25, 0.3) is 0 Å². The molecule has 1 aliphatic rings. The minimum atomic E-state index is -1.95. The lowest BCUT2D eigenvalue weighted by Crippen LogP contribution is -2.28. The minimum Gasteiger partial charge on any atom is -0.497 e. The van der Waals surface area contributed by atoms with Crippen molar-refractivity contribution >= 4 is 26.0 Å². The summed E-state index contributed by atoms with van der Waals surface area (Å²) in [5, 5.41) is 10.7. The van der Waals surface area contributed by atoms with E-state index in [1.54, 1.807) is 62.8 Å². The molecule has 1 saturated heterocycles. The second kappa shape index (κ2) is 14.8. The van der Waals surface area contributed by atoms with Crippen LogP contribution in [0.4, 0.5) is 14.6 Å². The number of benzene rings is 2. The average molecular weight is 590 g/mol. The summed E-state index contributed by atoms with van der Waals surface area (Å²) in [5.41, 5.74) is 4.94. The maximum absolute atomic E-state index is 12.2. The summed E-state index contributed by atoms with van der Waals surface area (Å²) in [6.07, 6.45) is -1.01. The number of aliphatic hydroxyl groups excluding tert-OH is 1. The number of ether oxygens (including phenoxy) is 3. The first kappa shape index (κ1) is 30.3. The lowest BCUT2D eigenvalue weighted by molar-refractivity contribution is -0.0419. The second-order valence-electron chi connectivity index (χ2n) is 7.75. The molecule has 4 rings (SSSR count). The Morgan fingerprint density at radius 2 is 1.54 bits per heavy atom. The van der Waals surface area contributed by atoms with Crippen molar-refractivity contribution in [3.8, 4) is 23.0 Å². The first-order chi connectivity index (χ1) is 18.8. The van der Waals surface area contributed by atoms with E-state index in [2.05, 4.69) is 4.98 Å². The topological polar surface area (TPSA) is 137 Å². The van der Waals surface area contributed by atoms with E-state index < -0.39 is 39.7 Å². The number of nitrogen functional groups attached to an aromatic ring is 1. The number of halogens is 3. The molecule has 15 heteroatoms. The number of nitrogens with two attached hydrogens (primary N) is 1. The Kier molecular flexibility index (Phi) is 11.5. The van der Waals surface area contributed by atoms with E-state index in [1.165, 1.54) is 10.8 Å². The van der Waals surface area contributed by atoms with Gasteiger partial charge in [0.05, 0.1) is 32.0 Å². The Hall–Kier alpha value is -3.22. The molecule has 39 heavy (non-hydrogen) atoms. The largest absolute Gasteiger partial charge is 0.497 e. The molecule has 0 amide bonds. The lowest BCUT2D eigenvalue weighted by atomic mass is 10.2. The van der Waals surface area contributed by atoms with Crippen molar-refractivity contribution in [2.24, 2.45) is 0 Å². The average Bonchev–Trinajstić information content (AvgIpc) is 3.30. The van der Waals surface area contributed by atoms with E-state index in [0.717, 1.165) is 0 Å².